The van der Waals surface area contributed by atoms with E-state index in [0.29, 0.717) is 6.42 Å². The van der Waals surface area contributed by atoms with Crippen molar-refractivity contribution < 1.29 is 14.4 Å². The van der Waals surface area contributed by atoms with Crippen molar-refractivity contribution >= 4 is 17.8 Å². The summed E-state index contributed by atoms with van der Waals surface area (Å²) in [5.41, 5.74) is 7.15. The minimum absolute atomic E-state index is 0.0404. The first-order valence-corrected chi connectivity index (χ1v) is 6.17. The van der Waals surface area contributed by atoms with E-state index in [1.165, 1.54) is 0 Å². The van der Waals surface area contributed by atoms with Crippen LogP contribution >= 0.6 is 0 Å². The first-order chi connectivity index (χ1) is 7.92. The van der Waals surface area contributed by atoms with Crippen LogP contribution in [0.4, 0.5) is 0 Å². The molecule has 0 spiro atoms. The summed E-state index contributed by atoms with van der Waals surface area (Å²) in [6.07, 6.45) is 5.44. The van der Waals surface area contributed by atoms with Crippen molar-refractivity contribution in [3.8, 4) is 0 Å². The zero-order valence-electron chi connectivity index (χ0n) is 10.8. The largest absolute Gasteiger partial charge is 0.361 e. The second-order valence-electron chi connectivity index (χ2n) is 5.35. The average Bonchev–Trinajstić information content (AvgIpc) is 2.28. The van der Waals surface area contributed by atoms with E-state index in [4.69, 9.17) is 5.53 Å². The molecule has 4 heteroatoms. The van der Waals surface area contributed by atoms with Gasteiger partial charge < -0.3 is 5.53 Å². The van der Waals surface area contributed by atoms with Gasteiger partial charge in [0.25, 0.3) is 0 Å². The highest BCUT2D eigenvalue weighted by atomic mass is 16.2. The maximum absolute atomic E-state index is 11.9. The predicted octanol–water partition coefficient (Wildman–Crippen LogP) is 2.42. The molecule has 0 aromatic heterocycles. The van der Waals surface area contributed by atoms with Gasteiger partial charge in [0, 0.05) is 6.42 Å². The number of hydrogen-bond donors (Lipinski definition) is 0. The molecule has 2 unspecified atom stereocenters. The van der Waals surface area contributed by atoms with Gasteiger partial charge in [0.2, 0.25) is 5.78 Å². The monoisotopic (exact) mass is 236 g/mol. The van der Waals surface area contributed by atoms with E-state index in [-0.39, 0.29) is 17.0 Å². The SMILES string of the molecule is CCCCCC1(C)CC(=O)C1(C)C(=O)C=[N+]=[N-]. The number of Topliss-reactive ketones (excluding diaryl/α,β-unsaturated/α-hetero) is 2. The zero-order chi connectivity index (χ0) is 13.1. The fourth-order valence-electron chi connectivity index (χ4n) is 2.66. The van der Waals surface area contributed by atoms with Gasteiger partial charge >= 0.3 is 6.21 Å². The highest BCUT2D eigenvalue weighted by molar-refractivity contribution is 6.35. The van der Waals surface area contributed by atoms with Gasteiger partial charge in [0.1, 0.15) is 11.2 Å². The third-order valence-electron chi connectivity index (χ3n) is 4.32. The highest BCUT2D eigenvalue weighted by Gasteiger charge is 2.64. The van der Waals surface area contributed by atoms with Crippen molar-refractivity contribution in [2.45, 2.75) is 52.9 Å². The summed E-state index contributed by atoms with van der Waals surface area (Å²) < 4.78 is 0. The Bertz CT molecular complexity index is 385. The molecule has 0 N–H and O–H groups in total. The summed E-state index contributed by atoms with van der Waals surface area (Å²) >= 11 is 0. The minimum atomic E-state index is -0.993. The van der Waals surface area contributed by atoms with Gasteiger partial charge in [-0.15, -0.1) is 0 Å². The molecule has 0 aliphatic heterocycles. The van der Waals surface area contributed by atoms with E-state index in [2.05, 4.69) is 11.7 Å². The van der Waals surface area contributed by atoms with Gasteiger partial charge in [-0.3, -0.25) is 9.59 Å². The summed E-state index contributed by atoms with van der Waals surface area (Å²) in [5.74, 6) is -0.420. The number of carbonyl (C=O) groups excluding carboxylic acids is 2. The molecule has 0 radical (unpaired) electrons. The Morgan fingerprint density at radius 3 is 2.59 bits per heavy atom. The molecule has 94 valence electrons. The summed E-state index contributed by atoms with van der Waals surface area (Å²) in [4.78, 5) is 26.4. The molecule has 0 amide bonds. The Labute approximate surface area is 102 Å². The summed E-state index contributed by atoms with van der Waals surface area (Å²) in [6.45, 7) is 5.78. The minimum Gasteiger partial charge on any atom is -0.361 e. The molecule has 1 aliphatic rings. The van der Waals surface area contributed by atoms with E-state index in [1.54, 1.807) is 6.92 Å². The Morgan fingerprint density at radius 1 is 1.47 bits per heavy atom. The third kappa shape index (κ3) is 2.09. The fourth-order valence-corrected chi connectivity index (χ4v) is 2.66. The number of unbranched alkanes of at least 4 members (excludes halogenated alkanes) is 2. The maximum atomic E-state index is 11.9. The normalized spacial score (nSPS) is 31.6. The van der Waals surface area contributed by atoms with E-state index in [1.807, 2.05) is 6.92 Å². The number of carbonyl (C=O) groups is 2. The predicted molar refractivity (Wildman–Crippen MR) is 64.7 cm³/mol. The molecular formula is C13H20N2O2. The van der Waals surface area contributed by atoms with Crippen LogP contribution in [-0.2, 0) is 9.59 Å². The molecule has 0 saturated heterocycles. The lowest BCUT2D eigenvalue weighted by Gasteiger charge is -2.52. The van der Waals surface area contributed by atoms with E-state index < -0.39 is 5.41 Å². The topological polar surface area (TPSA) is 70.5 Å². The summed E-state index contributed by atoms with van der Waals surface area (Å²) in [6, 6.07) is 0. The quantitative estimate of drug-likeness (QED) is 0.233. The van der Waals surface area contributed by atoms with Crippen LogP contribution in [0.2, 0.25) is 0 Å². The second-order valence-corrected chi connectivity index (χ2v) is 5.35. The lowest BCUT2D eigenvalue weighted by atomic mass is 9.47. The van der Waals surface area contributed by atoms with Crippen LogP contribution < -0.4 is 0 Å². The number of nitrogens with zero attached hydrogens (tertiary/aromatic N) is 2. The van der Waals surface area contributed by atoms with Gasteiger partial charge in [-0.25, -0.2) is 0 Å². The van der Waals surface area contributed by atoms with Crippen molar-refractivity contribution in [2.75, 3.05) is 0 Å². The van der Waals surface area contributed by atoms with Crippen LogP contribution in [-0.4, -0.2) is 22.6 Å². The van der Waals surface area contributed by atoms with Crippen LogP contribution in [0.1, 0.15) is 52.9 Å². The van der Waals surface area contributed by atoms with Crippen molar-refractivity contribution in [1.82, 2.24) is 0 Å². The summed E-state index contributed by atoms with van der Waals surface area (Å²) in [7, 11) is 0. The third-order valence-corrected chi connectivity index (χ3v) is 4.32. The maximum Gasteiger partial charge on any atom is 0.324 e. The first kappa shape index (κ1) is 13.8. The Morgan fingerprint density at radius 2 is 2.12 bits per heavy atom. The van der Waals surface area contributed by atoms with Crippen molar-refractivity contribution in [1.29, 1.82) is 0 Å². The number of hydrogen-bond acceptors (Lipinski definition) is 2. The summed E-state index contributed by atoms with van der Waals surface area (Å²) in [5, 5.41) is 0. The van der Waals surface area contributed by atoms with Crippen molar-refractivity contribution in [3.63, 3.8) is 0 Å². The van der Waals surface area contributed by atoms with Crippen LogP contribution in [0, 0.1) is 10.8 Å². The number of rotatable bonds is 6. The van der Waals surface area contributed by atoms with E-state index >= 15 is 0 Å². The zero-order valence-corrected chi connectivity index (χ0v) is 10.8. The standard InChI is InChI=1S/C13H20N2O2/c1-4-5-6-7-12(2)8-10(16)13(12,3)11(17)9-15-14/h9H,4-8H2,1-3H3. The van der Waals surface area contributed by atoms with Crippen molar-refractivity contribution in [2.24, 2.45) is 10.8 Å². The number of ketones is 2. The molecule has 0 aromatic carbocycles. The molecule has 4 nitrogen and oxygen atoms in total. The molecule has 0 bridgehead atoms. The fraction of sp³-hybridized carbons (Fsp3) is 0.769. The first-order valence-electron chi connectivity index (χ1n) is 6.17. The van der Waals surface area contributed by atoms with Crippen LogP contribution in [0.5, 0.6) is 0 Å². The molecule has 1 saturated carbocycles. The average molecular weight is 236 g/mol. The van der Waals surface area contributed by atoms with Gasteiger partial charge in [-0.2, -0.15) is 4.79 Å². The van der Waals surface area contributed by atoms with Crippen LogP contribution in [0.3, 0.4) is 0 Å². The smallest absolute Gasteiger partial charge is 0.324 e. The second kappa shape index (κ2) is 4.92. The molecular weight excluding hydrogens is 216 g/mol. The molecule has 0 aromatic rings. The van der Waals surface area contributed by atoms with Gasteiger partial charge in [-0.05, 0) is 18.8 Å². The Kier molecular flexibility index (Phi) is 3.99. The Hall–Kier alpha value is -1.28. The van der Waals surface area contributed by atoms with Crippen LogP contribution in [0.25, 0.3) is 5.53 Å². The highest BCUT2D eigenvalue weighted by Crippen LogP contribution is 2.56. The van der Waals surface area contributed by atoms with E-state index in [9.17, 15) is 9.59 Å². The van der Waals surface area contributed by atoms with Gasteiger partial charge in [-0.1, -0.05) is 33.1 Å². The van der Waals surface area contributed by atoms with Crippen LogP contribution in [0.15, 0.2) is 0 Å². The lowest BCUT2D eigenvalue weighted by molar-refractivity contribution is -0.164. The Balaban J connectivity index is 2.84. The van der Waals surface area contributed by atoms with E-state index in [0.717, 1.165) is 31.9 Å². The van der Waals surface area contributed by atoms with Gasteiger partial charge in [0.05, 0.1) is 0 Å². The molecule has 1 fully saturated rings. The molecule has 1 aliphatic carbocycles. The van der Waals surface area contributed by atoms with Crippen molar-refractivity contribution in [3.05, 3.63) is 5.53 Å². The molecule has 1 rings (SSSR count). The molecule has 17 heavy (non-hydrogen) atoms. The van der Waals surface area contributed by atoms with Gasteiger partial charge in [0.15, 0.2) is 0 Å². The molecule has 2 atom stereocenters. The lowest BCUT2D eigenvalue weighted by Crippen LogP contribution is -2.60. The molecule has 0 heterocycles.